The molecule has 37 heavy (non-hydrogen) atoms. The highest BCUT2D eigenvalue weighted by molar-refractivity contribution is 6.36. The predicted molar refractivity (Wildman–Crippen MR) is 159 cm³/mol. The molecule has 0 aliphatic rings. The maximum Gasteiger partial charge on any atom is 0.0626 e. The van der Waals surface area contributed by atoms with Crippen LogP contribution < -0.4 is 0 Å². The Morgan fingerprint density at radius 3 is 1.92 bits per heavy atom. The Labute approximate surface area is 214 Å². The molecule has 0 unspecified atom stereocenters. The van der Waals surface area contributed by atoms with Crippen molar-refractivity contribution in [3.05, 3.63) is 140 Å². The van der Waals surface area contributed by atoms with Gasteiger partial charge in [-0.3, -0.25) is 0 Å². The summed E-state index contributed by atoms with van der Waals surface area (Å²) < 4.78 is 2.47. The normalized spacial score (nSPS) is 11.8. The van der Waals surface area contributed by atoms with Gasteiger partial charge in [0.15, 0.2) is 0 Å². The molecule has 0 aliphatic heterocycles. The van der Waals surface area contributed by atoms with E-state index in [1.807, 2.05) is 0 Å². The van der Waals surface area contributed by atoms with Gasteiger partial charge in [0.2, 0.25) is 0 Å². The first-order chi connectivity index (χ1) is 18.4. The van der Waals surface area contributed by atoms with E-state index in [1.165, 1.54) is 70.9 Å². The first kappa shape index (κ1) is 20.3. The van der Waals surface area contributed by atoms with Crippen LogP contribution in [0, 0.1) is 0 Å². The molecule has 8 rings (SSSR count). The number of aromatic nitrogens is 1. The molecule has 0 atom stereocenters. The van der Waals surface area contributed by atoms with Crippen LogP contribution >= 0.6 is 0 Å². The van der Waals surface area contributed by atoms with Crippen LogP contribution in [-0.2, 0) is 0 Å². The van der Waals surface area contributed by atoms with Gasteiger partial charge in [0, 0.05) is 27.2 Å². The van der Waals surface area contributed by atoms with Crippen LogP contribution in [-0.4, -0.2) is 4.57 Å². The fourth-order valence-electron chi connectivity index (χ4n) is 6.16. The molecule has 0 amide bonds. The van der Waals surface area contributed by atoms with Crippen LogP contribution in [0.3, 0.4) is 0 Å². The summed E-state index contributed by atoms with van der Waals surface area (Å²) in [5.41, 5.74) is 6.13. The van der Waals surface area contributed by atoms with Crippen molar-refractivity contribution in [3.8, 4) is 16.8 Å². The Kier molecular flexibility index (Phi) is 4.29. The fourth-order valence-corrected chi connectivity index (χ4v) is 6.16. The Morgan fingerprint density at radius 2 is 1.05 bits per heavy atom. The van der Waals surface area contributed by atoms with Crippen LogP contribution in [0.5, 0.6) is 0 Å². The van der Waals surface area contributed by atoms with E-state index in [9.17, 15) is 0 Å². The third-order valence-corrected chi connectivity index (χ3v) is 7.74. The molecule has 172 valence electrons. The van der Waals surface area contributed by atoms with Crippen molar-refractivity contribution in [2.24, 2.45) is 0 Å². The van der Waals surface area contributed by atoms with E-state index in [4.69, 9.17) is 0 Å². The molecule has 1 aromatic heterocycles. The minimum atomic E-state index is 1.18. The molecular weight excluding hydrogens is 446 g/mol. The summed E-state index contributed by atoms with van der Waals surface area (Å²) >= 11 is 0. The lowest BCUT2D eigenvalue weighted by Crippen LogP contribution is -1.95. The fraction of sp³-hybridized carbons (Fsp3) is 0. The van der Waals surface area contributed by atoms with Gasteiger partial charge in [-0.1, -0.05) is 121 Å². The molecule has 1 heterocycles. The molecule has 0 radical (unpaired) electrons. The number of hydrogen-bond donors (Lipinski definition) is 0. The summed E-state index contributed by atoms with van der Waals surface area (Å²) in [4.78, 5) is 0. The van der Waals surface area contributed by atoms with E-state index in [0.29, 0.717) is 0 Å². The molecule has 0 saturated carbocycles. The van der Waals surface area contributed by atoms with E-state index < -0.39 is 0 Å². The Morgan fingerprint density at radius 1 is 0.378 bits per heavy atom. The van der Waals surface area contributed by atoms with Gasteiger partial charge >= 0.3 is 0 Å². The van der Waals surface area contributed by atoms with Crippen LogP contribution in [0.1, 0.15) is 0 Å². The molecule has 8 aromatic rings. The third kappa shape index (κ3) is 2.92. The van der Waals surface area contributed by atoms with Gasteiger partial charge in [-0.25, -0.2) is 0 Å². The second kappa shape index (κ2) is 7.81. The second-order valence-electron chi connectivity index (χ2n) is 9.75. The Bertz CT molecular complexity index is 2130. The first-order valence-electron chi connectivity index (χ1n) is 12.8. The summed E-state index contributed by atoms with van der Waals surface area (Å²) in [7, 11) is 0. The molecule has 1 nitrogen and oxygen atoms in total. The molecule has 0 bridgehead atoms. The lowest BCUT2D eigenvalue weighted by Gasteiger charge is -2.14. The maximum absolute atomic E-state index is 2.47. The van der Waals surface area contributed by atoms with Gasteiger partial charge < -0.3 is 4.57 Å². The number of benzene rings is 7. The highest BCUT2D eigenvalue weighted by Gasteiger charge is 2.20. The van der Waals surface area contributed by atoms with Gasteiger partial charge in [-0.05, 0) is 50.9 Å². The summed E-state index contributed by atoms with van der Waals surface area (Å²) in [5, 5.41) is 10.4. The third-order valence-electron chi connectivity index (χ3n) is 7.74. The van der Waals surface area contributed by atoms with E-state index in [2.05, 4.69) is 144 Å². The molecule has 0 saturated heterocycles. The van der Waals surface area contributed by atoms with Crippen LogP contribution in [0.2, 0.25) is 0 Å². The van der Waals surface area contributed by atoms with Crippen molar-refractivity contribution in [1.82, 2.24) is 4.57 Å². The zero-order chi connectivity index (χ0) is 24.3. The predicted octanol–water partition coefficient (Wildman–Crippen LogP) is 9.91. The molecule has 0 N–H and O–H groups in total. The first-order valence-corrected chi connectivity index (χ1v) is 12.8. The lowest BCUT2D eigenvalue weighted by atomic mass is 9.93. The number of para-hydroxylation sites is 1. The number of rotatable bonds is 2. The SMILES string of the molecule is c1ccc(-c2cccc(-n3c4ccccc4c4c5c6ccccc6ccc5c5ccccc5c43)c2)cc1. The largest absolute Gasteiger partial charge is 0.309 e. The topological polar surface area (TPSA) is 4.93 Å². The molecule has 0 fully saturated rings. The molecular formula is C36H23N. The van der Waals surface area contributed by atoms with Crippen LogP contribution in [0.25, 0.3) is 70.9 Å². The highest BCUT2D eigenvalue weighted by atomic mass is 15.0. The van der Waals surface area contributed by atoms with Crippen molar-refractivity contribution in [2.45, 2.75) is 0 Å². The summed E-state index contributed by atoms with van der Waals surface area (Å²) in [6.45, 7) is 0. The zero-order valence-corrected chi connectivity index (χ0v) is 20.2. The van der Waals surface area contributed by atoms with E-state index in [-0.39, 0.29) is 0 Å². The average Bonchev–Trinajstić information content (AvgIpc) is 3.33. The second-order valence-corrected chi connectivity index (χ2v) is 9.75. The van der Waals surface area contributed by atoms with Gasteiger partial charge in [0.05, 0.1) is 11.0 Å². The Balaban J connectivity index is 1.62. The quantitative estimate of drug-likeness (QED) is 0.222. The van der Waals surface area contributed by atoms with E-state index in [1.54, 1.807) is 0 Å². The van der Waals surface area contributed by atoms with Gasteiger partial charge in [-0.15, -0.1) is 0 Å². The van der Waals surface area contributed by atoms with Crippen LogP contribution in [0.4, 0.5) is 0 Å². The van der Waals surface area contributed by atoms with Crippen molar-refractivity contribution < 1.29 is 0 Å². The molecule has 7 aromatic carbocycles. The average molecular weight is 470 g/mol. The lowest BCUT2D eigenvalue weighted by molar-refractivity contribution is 1.19. The van der Waals surface area contributed by atoms with E-state index >= 15 is 0 Å². The van der Waals surface area contributed by atoms with Crippen molar-refractivity contribution in [3.63, 3.8) is 0 Å². The highest BCUT2D eigenvalue weighted by Crippen LogP contribution is 2.44. The molecule has 0 spiro atoms. The Hall–Kier alpha value is -4.88. The maximum atomic E-state index is 2.47. The standard InChI is InChI=1S/C36H23N/c1-2-11-24(12-3-1)26-14-10-15-27(23-26)37-33-20-9-8-19-32(33)35-34-28-16-5-4-13-25(28)21-22-30(34)29-17-6-7-18-31(29)36(35)37/h1-23H. The number of fused-ring (bicyclic) bond motifs is 10. The monoisotopic (exact) mass is 469 g/mol. The van der Waals surface area contributed by atoms with Gasteiger partial charge in [0.25, 0.3) is 0 Å². The minimum Gasteiger partial charge on any atom is -0.309 e. The number of nitrogens with zero attached hydrogens (tertiary/aromatic N) is 1. The molecule has 1 heteroatoms. The zero-order valence-electron chi connectivity index (χ0n) is 20.2. The summed E-state index contributed by atoms with van der Waals surface area (Å²) in [6.07, 6.45) is 0. The van der Waals surface area contributed by atoms with Crippen molar-refractivity contribution in [2.75, 3.05) is 0 Å². The summed E-state index contributed by atoms with van der Waals surface area (Å²) in [6, 6.07) is 50.7. The van der Waals surface area contributed by atoms with Crippen molar-refractivity contribution in [1.29, 1.82) is 0 Å². The smallest absolute Gasteiger partial charge is 0.0626 e. The molecule has 0 aliphatic carbocycles. The van der Waals surface area contributed by atoms with E-state index in [0.717, 1.165) is 0 Å². The van der Waals surface area contributed by atoms with Crippen LogP contribution in [0.15, 0.2) is 140 Å². The summed E-state index contributed by atoms with van der Waals surface area (Å²) in [5.74, 6) is 0. The minimum absolute atomic E-state index is 1.18. The van der Waals surface area contributed by atoms with Gasteiger partial charge in [-0.2, -0.15) is 0 Å². The van der Waals surface area contributed by atoms with Gasteiger partial charge in [0.1, 0.15) is 0 Å². The number of hydrogen-bond acceptors (Lipinski definition) is 0. The van der Waals surface area contributed by atoms with Crippen molar-refractivity contribution >= 4 is 54.1 Å².